The number of H-pyrrole nitrogens is 1. The summed E-state index contributed by atoms with van der Waals surface area (Å²) < 4.78 is 64.7. The Hall–Kier alpha value is -2.23. The molecule has 0 aliphatic heterocycles. The SMILES string of the molecule is O=C(C[C@@H](c1ccc(S(F)(F)(F)(F)F)cc1)C1CC1)c1cc(=O)[nH]c(C2CC2)n1. The Morgan fingerprint density at radius 2 is 1.69 bits per heavy atom. The van der Waals surface area contributed by atoms with Gasteiger partial charge in [-0.1, -0.05) is 31.6 Å². The van der Waals surface area contributed by atoms with Crippen molar-refractivity contribution in [1.82, 2.24) is 9.97 Å². The van der Waals surface area contributed by atoms with Crippen LogP contribution in [0.15, 0.2) is 40.0 Å². The van der Waals surface area contributed by atoms with Gasteiger partial charge in [0.1, 0.15) is 16.4 Å². The molecule has 0 bridgehead atoms. The maximum absolute atomic E-state index is 12.9. The fourth-order valence-electron chi connectivity index (χ4n) is 3.50. The average Bonchev–Trinajstić information content (AvgIpc) is 3.50. The van der Waals surface area contributed by atoms with Gasteiger partial charge in [-0.05, 0) is 55.2 Å². The van der Waals surface area contributed by atoms with Gasteiger partial charge in [-0.15, -0.1) is 0 Å². The van der Waals surface area contributed by atoms with E-state index in [1.807, 2.05) is 0 Å². The number of hydrogen-bond donors (Lipinski definition) is 1. The lowest BCUT2D eigenvalue weighted by Crippen LogP contribution is -2.17. The second-order valence-electron chi connectivity index (χ2n) is 7.90. The van der Waals surface area contributed by atoms with Gasteiger partial charge < -0.3 is 4.98 Å². The standard InChI is InChI=1S/C19H19F5N2O2S/c20-29(21,22,23,24)14-7-5-12(6-8-14)15(11-1-2-11)9-17(27)16-10-18(28)26-19(25-16)13-3-4-13/h5-8,10-11,13,15H,1-4,9H2,(H,25,26,28)/t15-/m1/s1. The van der Waals surface area contributed by atoms with Gasteiger partial charge in [0.15, 0.2) is 5.78 Å². The third kappa shape index (κ3) is 4.68. The van der Waals surface area contributed by atoms with Crippen molar-refractivity contribution in [2.24, 2.45) is 5.92 Å². The second-order valence-corrected chi connectivity index (χ2v) is 10.3. The van der Waals surface area contributed by atoms with Gasteiger partial charge in [0.25, 0.3) is 5.56 Å². The van der Waals surface area contributed by atoms with E-state index in [1.165, 1.54) is 0 Å². The van der Waals surface area contributed by atoms with Crippen LogP contribution >= 0.6 is 10.2 Å². The Morgan fingerprint density at radius 1 is 1.07 bits per heavy atom. The molecule has 0 saturated heterocycles. The van der Waals surface area contributed by atoms with Crippen molar-refractivity contribution in [2.75, 3.05) is 0 Å². The average molecular weight is 434 g/mol. The Bertz CT molecular complexity index is 1030. The molecular formula is C19H19F5N2O2S. The Morgan fingerprint density at radius 3 is 2.21 bits per heavy atom. The maximum Gasteiger partial charge on any atom is 0.310 e. The number of halogens is 5. The van der Waals surface area contributed by atoms with Crippen LogP contribution in [0.2, 0.25) is 0 Å². The first-order valence-corrected chi connectivity index (χ1v) is 11.2. The molecule has 10 heteroatoms. The number of aromatic amines is 1. The smallest absolute Gasteiger partial charge is 0.310 e. The molecule has 0 radical (unpaired) electrons. The molecule has 2 aliphatic rings. The van der Waals surface area contributed by atoms with Crippen molar-refractivity contribution >= 4 is 16.0 Å². The molecule has 1 atom stereocenters. The number of nitrogens with one attached hydrogen (secondary N) is 1. The van der Waals surface area contributed by atoms with Gasteiger partial charge in [0.2, 0.25) is 0 Å². The molecule has 1 heterocycles. The number of benzene rings is 1. The molecule has 1 aromatic carbocycles. The predicted molar refractivity (Wildman–Crippen MR) is 99.1 cm³/mol. The van der Waals surface area contributed by atoms with Crippen molar-refractivity contribution in [1.29, 1.82) is 0 Å². The highest BCUT2D eigenvalue weighted by atomic mass is 32.5. The lowest BCUT2D eigenvalue weighted by Gasteiger charge is -2.40. The van der Waals surface area contributed by atoms with E-state index in [-0.39, 0.29) is 29.7 Å². The molecule has 1 aromatic heterocycles. The van der Waals surface area contributed by atoms with Crippen molar-refractivity contribution in [3.8, 4) is 0 Å². The maximum atomic E-state index is 12.9. The number of rotatable bonds is 7. The van der Waals surface area contributed by atoms with Crippen LogP contribution < -0.4 is 5.56 Å². The highest BCUT2D eigenvalue weighted by Gasteiger charge is 2.65. The molecule has 29 heavy (non-hydrogen) atoms. The molecular weight excluding hydrogens is 415 g/mol. The number of carbonyl (C=O) groups excluding carboxylic acids is 1. The number of carbonyl (C=O) groups is 1. The number of nitrogens with zero attached hydrogens (tertiary/aromatic N) is 1. The monoisotopic (exact) mass is 434 g/mol. The van der Waals surface area contributed by atoms with Crippen LogP contribution in [0.25, 0.3) is 0 Å². The minimum Gasteiger partial charge on any atom is -0.310 e. The normalized spacial score (nSPS) is 20.6. The van der Waals surface area contributed by atoms with Crippen molar-refractivity contribution in [2.45, 2.75) is 48.8 Å². The van der Waals surface area contributed by atoms with Crippen molar-refractivity contribution in [3.63, 3.8) is 0 Å². The summed E-state index contributed by atoms with van der Waals surface area (Å²) in [7, 11) is -9.73. The van der Waals surface area contributed by atoms with Gasteiger partial charge in [-0.25, -0.2) is 4.98 Å². The number of hydrogen-bond acceptors (Lipinski definition) is 3. The zero-order chi connectivity index (χ0) is 21.1. The van der Waals surface area contributed by atoms with E-state index in [4.69, 9.17) is 0 Å². The summed E-state index contributed by atoms with van der Waals surface area (Å²) in [6.07, 6.45) is 3.35. The fourth-order valence-corrected chi connectivity index (χ4v) is 4.15. The van der Waals surface area contributed by atoms with Crippen LogP contribution in [-0.4, -0.2) is 15.8 Å². The van der Waals surface area contributed by atoms with E-state index in [0.29, 0.717) is 23.5 Å². The van der Waals surface area contributed by atoms with Gasteiger partial charge in [-0.2, -0.15) is 0 Å². The molecule has 1 N–H and O–H groups in total. The minimum atomic E-state index is -9.73. The first kappa shape index (κ1) is 20.1. The first-order valence-electron chi connectivity index (χ1n) is 9.29. The number of ketones is 1. The Kier molecular flexibility index (Phi) is 4.08. The van der Waals surface area contributed by atoms with Gasteiger partial charge >= 0.3 is 10.2 Å². The highest BCUT2D eigenvalue weighted by molar-refractivity contribution is 8.45. The first-order chi connectivity index (χ1) is 13.3. The Balaban J connectivity index is 1.58. The van der Waals surface area contributed by atoms with Crippen LogP contribution in [0.3, 0.4) is 0 Å². The molecule has 158 valence electrons. The van der Waals surface area contributed by atoms with Gasteiger partial charge in [0.05, 0.1) is 0 Å². The summed E-state index contributed by atoms with van der Waals surface area (Å²) in [6.45, 7) is 0. The molecule has 0 unspecified atom stereocenters. The lowest BCUT2D eigenvalue weighted by atomic mass is 9.88. The van der Waals surface area contributed by atoms with Crippen LogP contribution in [0, 0.1) is 5.92 Å². The largest absolute Gasteiger partial charge is 0.310 e. The summed E-state index contributed by atoms with van der Waals surface area (Å²) in [6, 6.07) is 3.92. The van der Waals surface area contributed by atoms with Crippen molar-refractivity contribution < 1.29 is 24.2 Å². The van der Waals surface area contributed by atoms with E-state index in [0.717, 1.165) is 43.9 Å². The third-order valence-electron chi connectivity index (χ3n) is 5.36. The van der Waals surface area contributed by atoms with Crippen LogP contribution in [0.5, 0.6) is 0 Å². The van der Waals surface area contributed by atoms with Crippen LogP contribution in [0.4, 0.5) is 19.4 Å². The molecule has 2 aromatic rings. The third-order valence-corrected chi connectivity index (χ3v) is 6.52. The van der Waals surface area contributed by atoms with E-state index >= 15 is 0 Å². The molecule has 2 aliphatic carbocycles. The predicted octanol–water partition coefficient (Wildman–Crippen LogP) is 6.07. The van der Waals surface area contributed by atoms with Crippen LogP contribution in [0.1, 0.15) is 65.8 Å². The molecule has 0 spiro atoms. The van der Waals surface area contributed by atoms with E-state index in [9.17, 15) is 29.0 Å². The molecule has 0 amide bonds. The fraction of sp³-hybridized carbons (Fsp3) is 0.421. The molecule has 2 saturated carbocycles. The highest BCUT2D eigenvalue weighted by Crippen LogP contribution is 3.02. The quantitative estimate of drug-likeness (QED) is 0.425. The Labute approximate surface area is 163 Å². The summed E-state index contributed by atoms with van der Waals surface area (Å²) in [5, 5.41) is 0. The topological polar surface area (TPSA) is 62.8 Å². The minimum absolute atomic E-state index is 0.0323. The van der Waals surface area contributed by atoms with Gasteiger partial charge in [-0.3, -0.25) is 9.59 Å². The summed E-state index contributed by atoms with van der Waals surface area (Å²) >= 11 is 0. The zero-order valence-electron chi connectivity index (χ0n) is 15.2. The number of Topliss-reactive ketones (excluding diaryl/α,β-unsaturated/α-hetero) is 1. The second kappa shape index (κ2) is 5.90. The van der Waals surface area contributed by atoms with E-state index in [1.54, 1.807) is 0 Å². The number of aromatic nitrogens is 2. The molecule has 2 fully saturated rings. The van der Waals surface area contributed by atoms with Gasteiger partial charge in [0, 0.05) is 18.4 Å². The summed E-state index contributed by atoms with van der Waals surface area (Å²) in [4.78, 5) is 29.5. The lowest BCUT2D eigenvalue weighted by molar-refractivity contribution is 0.0964. The van der Waals surface area contributed by atoms with E-state index in [2.05, 4.69) is 9.97 Å². The van der Waals surface area contributed by atoms with Crippen LogP contribution in [-0.2, 0) is 0 Å². The zero-order valence-corrected chi connectivity index (χ0v) is 16.0. The van der Waals surface area contributed by atoms with Crippen molar-refractivity contribution in [3.05, 3.63) is 57.8 Å². The molecule has 4 rings (SSSR count). The van der Waals surface area contributed by atoms with E-state index < -0.39 is 26.6 Å². The molecule has 4 nitrogen and oxygen atoms in total. The summed E-state index contributed by atoms with van der Waals surface area (Å²) in [5.74, 6) is -0.0693. The summed E-state index contributed by atoms with van der Waals surface area (Å²) in [5.41, 5.74) is 0.0112.